The Bertz CT molecular complexity index is 1220. The first-order valence-corrected chi connectivity index (χ1v) is 11.2. The number of aryl methyl sites for hydroxylation is 1. The quantitative estimate of drug-likeness (QED) is 0.463. The van der Waals surface area contributed by atoms with Crippen LogP contribution in [0.1, 0.15) is 48.7 Å². The highest BCUT2D eigenvalue weighted by molar-refractivity contribution is 6.06. The normalized spacial score (nSPS) is 14.2. The van der Waals surface area contributed by atoms with Gasteiger partial charge in [-0.05, 0) is 31.9 Å². The number of carbonyl (C=O) groups is 3. The van der Waals surface area contributed by atoms with E-state index in [4.69, 9.17) is 9.90 Å². The molecule has 0 spiro atoms. The largest absolute Gasteiger partial charge is 0.490 e. The maximum absolute atomic E-state index is 13.0. The number of anilines is 1. The second-order valence-corrected chi connectivity index (χ2v) is 8.01. The van der Waals surface area contributed by atoms with Crippen molar-refractivity contribution in [3.63, 3.8) is 0 Å². The standard InChI is InChI=1S/C21H24N6O2.C2HF3O2/c1-2-27-20-17(13-25-27)19(26-14-6-8-16(28)9-7-14)18(12-23-20)21(29)24-11-15-5-3-4-10-22-15;3-2(4,5)1(6)7/h3-5,10,12-14H,2,6-9,11H2,1H3,(H,23,26)(H,24,29);(H,6,7). The van der Waals surface area contributed by atoms with E-state index < -0.39 is 12.1 Å². The summed E-state index contributed by atoms with van der Waals surface area (Å²) in [6.45, 7) is 3.03. The molecule has 1 amide bonds. The van der Waals surface area contributed by atoms with Gasteiger partial charge in [0, 0.05) is 37.8 Å². The predicted octanol–water partition coefficient (Wildman–Crippen LogP) is 3.33. The first kappa shape index (κ1) is 26.6. The van der Waals surface area contributed by atoms with Gasteiger partial charge in [0.05, 0.1) is 35.1 Å². The number of nitrogens with zero attached hydrogens (tertiary/aromatic N) is 4. The molecule has 1 fully saturated rings. The van der Waals surface area contributed by atoms with Crippen LogP contribution >= 0.6 is 0 Å². The van der Waals surface area contributed by atoms with E-state index in [9.17, 15) is 22.8 Å². The molecule has 3 N–H and O–H groups in total. The predicted molar refractivity (Wildman–Crippen MR) is 123 cm³/mol. The summed E-state index contributed by atoms with van der Waals surface area (Å²) in [5.41, 5.74) is 2.73. The molecular weight excluding hydrogens is 481 g/mol. The first-order chi connectivity index (χ1) is 17.1. The number of aromatic nitrogens is 4. The summed E-state index contributed by atoms with van der Waals surface area (Å²) in [7, 11) is 0. The second-order valence-electron chi connectivity index (χ2n) is 8.01. The lowest BCUT2D eigenvalue weighted by Gasteiger charge is -2.24. The van der Waals surface area contributed by atoms with Gasteiger partial charge in [-0.1, -0.05) is 6.07 Å². The maximum atomic E-state index is 13.0. The number of pyridine rings is 2. The zero-order valence-corrected chi connectivity index (χ0v) is 19.4. The summed E-state index contributed by atoms with van der Waals surface area (Å²) in [6, 6.07) is 5.74. The Morgan fingerprint density at radius 2 is 1.86 bits per heavy atom. The number of carboxylic acid groups (broad SMARTS) is 1. The second kappa shape index (κ2) is 11.6. The van der Waals surface area contributed by atoms with Crippen LogP contribution in [-0.4, -0.2) is 54.7 Å². The third kappa shape index (κ3) is 6.77. The number of amides is 1. The highest BCUT2D eigenvalue weighted by atomic mass is 19.4. The van der Waals surface area contributed by atoms with Crippen molar-refractivity contribution in [1.29, 1.82) is 0 Å². The summed E-state index contributed by atoms with van der Waals surface area (Å²) < 4.78 is 33.5. The molecule has 0 saturated heterocycles. The molecule has 0 atom stereocenters. The smallest absolute Gasteiger partial charge is 0.475 e. The number of hydrogen-bond donors (Lipinski definition) is 3. The van der Waals surface area contributed by atoms with Crippen LogP contribution in [0.3, 0.4) is 0 Å². The van der Waals surface area contributed by atoms with Crippen LogP contribution in [0, 0.1) is 0 Å². The Balaban J connectivity index is 0.000000454. The highest BCUT2D eigenvalue weighted by Crippen LogP contribution is 2.29. The van der Waals surface area contributed by atoms with Gasteiger partial charge in [0.25, 0.3) is 5.91 Å². The Kier molecular flexibility index (Phi) is 8.56. The minimum Gasteiger partial charge on any atom is -0.475 e. The molecule has 3 heterocycles. The molecule has 4 rings (SSSR count). The average molecular weight is 506 g/mol. The number of Topliss-reactive ketones (excluding diaryl/α,β-unsaturated/α-hetero) is 1. The van der Waals surface area contributed by atoms with Crippen LogP contribution in [0.25, 0.3) is 11.0 Å². The van der Waals surface area contributed by atoms with Gasteiger partial charge in [0.1, 0.15) is 5.78 Å². The van der Waals surface area contributed by atoms with Crippen molar-refractivity contribution in [2.24, 2.45) is 0 Å². The molecule has 192 valence electrons. The number of hydrogen-bond acceptors (Lipinski definition) is 7. The molecule has 0 aromatic carbocycles. The van der Waals surface area contributed by atoms with Crippen LogP contribution in [0.5, 0.6) is 0 Å². The molecule has 0 bridgehead atoms. The van der Waals surface area contributed by atoms with Gasteiger partial charge in [0.15, 0.2) is 5.65 Å². The number of aliphatic carboxylic acids is 1. The van der Waals surface area contributed by atoms with E-state index in [0.717, 1.165) is 35.3 Å². The number of fused-ring (bicyclic) bond motifs is 1. The molecule has 0 radical (unpaired) electrons. The molecule has 0 unspecified atom stereocenters. The Morgan fingerprint density at radius 3 is 2.44 bits per heavy atom. The molecular formula is C23H25F3N6O4. The number of alkyl halides is 3. The molecule has 1 aliphatic rings. The van der Waals surface area contributed by atoms with E-state index in [1.165, 1.54) is 0 Å². The summed E-state index contributed by atoms with van der Waals surface area (Å²) >= 11 is 0. The molecule has 1 aliphatic carbocycles. The van der Waals surface area contributed by atoms with Gasteiger partial charge in [0.2, 0.25) is 0 Å². The van der Waals surface area contributed by atoms with Gasteiger partial charge in [-0.15, -0.1) is 0 Å². The van der Waals surface area contributed by atoms with Gasteiger partial charge >= 0.3 is 12.1 Å². The highest BCUT2D eigenvalue weighted by Gasteiger charge is 2.38. The van der Waals surface area contributed by atoms with Crippen molar-refractivity contribution in [3.8, 4) is 0 Å². The number of ketones is 1. The van der Waals surface area contributed by atoms with Gasteiger partial charge in [-0.2, -0.15) is 18.3 Å². The number of halogens is 3. The zero-order chi connectivity index (χ0) is 26.3. The number of carboxylic acids is 1. The third-order valence-electron chi connectivity index (χ3n) is 5.50. The molecule has 10 nitrogen and oxygen atoms in total. The van der Waals surface area contributed by atoms with Crippen molar-refractivity contribution in [3.05, 3.63) is 48.0 Å². The van der Waals surface area contributed by atoms with E-state index in [0.29, 0.717) is 37.3 Å². The Morgan fingerprint density at radius 1 is 1.17 bits per heavy atom. The van der Waals surface area contributed by atoms with E-state index in [2.05, 4.69) is 25.7 Å². The van der Waals surface area contributed by atoms with Crippen molar-refractivity contribution >= 4 is 34.4 Å². The minimum absolute atomic E-state index is 0.144. The minimum atomic E-state index is -5.08. The number of carbonyl (C=O) groups excluding carboxylic acids is 2. The van der Waals surface area contributed by atoms with E-state index in [1.54, 1.807) is 23.3 Å². The van der Waals surface area contributed by atoms with Crippen LogP contribution in [-0.2, 0) is 22.7 Å². The van der Waals surface area contributed by atoms with Crippen molar-refractivity contribution in [2.75, 3.05) is 5.32 Å². The molecule has 0 aliphatic heterocycles. The van der Waals surface area contributed by atoms with Gasteiger partial charge in [-0.25, -0.2) is 14.5 Å². The number of nitrogens with one attached hydrogen (secondary N) is 2. The molecule has 1 saturated carbocycles. The fourth-order valence-electron chi connectivity index (χ4n) is 3.64. The van der Waals surface area contributed by atoms with E-state index in [-0.39, 0.29) is 11.9 Å². The summed E-state index contributed by atoms with van der Waals surface area (Å²) in [4.78, 5) is 42.2. The van der Waals surface area contributed by atoms with Crippen LogP contribution < -0.4 is 10.6 Å². The fourth-order valence-corrected chi connectivity index (χ4v) is 3.64. The van der Waals surface area contributed by atoms with Crippen molar-refractivity contribution in [1.82, 2.24) is 25.1 Å². The van der Waals surface area contributed by atoms with E-state index in [1.807, 2.05) is 25.1 Å². The molecule has 3 aromatic rings. The van der Waals surface area contributed by atoms with Crippen LogP contribution in [0.2, 0.25) is 0 Å². The molecule has 13 heteroatoms. The first-order valence-electron chi connectivity index (χ1n) is 11.2. The van der Waals surface area contributed by atoms with Gasteiger partial charge in [-0.3, -0.25) is 14.6 Å². The lowest BCUT2D eigenvalue weighted by molar-refractivity contribution is -0.192. The van der Waals surface area contributed by atoms with E-state index >= 15 is 0 Å². The monoisotopic (exact) mass is 506 g/mol. The molecule has 3 aromatic heterocycles. The number of rotatable bonds is 6. The fraction of sp³-hybridized carbons (Fsp3) is 0.391. The zero-order valence-electron chi connectivity index (χ0n) is 19.4. The Labute approximate surface area is 203 Å². The lowest BCUT2D eigenvalue weighted by Crippen LogP contribution is -2.29. The SMILES string of the molecule is CCn1ncc2c(NC3CCC(=O)CC3)c(C(=O)NCc3ccccn3)cnc21.O=C(O)C(F)(F)F. The van der Waals surface area contributed by atoms with Gasteiger partial charge < -0.3 is 15.7 Å². The topological polar surface area (TPSA) is 139 Å². The lowest BCUT2D eigenvalue weighted by atomic mass is 9.94. The Hall–Kier alpha value is -4.03. The summed E-state index contributed by atoms with van der Waals surface area (Å²) in [6.07, 6.45) is 2.63. The third-order valence-corrected chi connectivity index (χ3v) is 5.50. The van der Waals surface area contributed by atoms with Crippen LogP contribution in [0.4, 0.5) is 18.9 Å². The van der Waals surface area contributed by atoms with Crippen molar-refractivity contribution in [2.45, 2.75) is 57.9 Å². The average Bonchev–Trinajstić information content (AvgIpc) is 3.28. The maximum Gasteiger partial charge on any atom is 0.490 e. The summed E-state index contributed by atoms with van der Waals surface area (Å²) in [5.74, 6) is -2.67. The van der Waals surface area contributed by atoms with Crippen LogP contribution in [0.15, 0.2) is 36.8 Å². The van der Waals surface area contributed by atoms with Crippen molar-refractivity contribution < 1.29 is 32.7 Å². The summed E-state index contributed by atoms with van der Waals surface area (Å²) in [5, 5.41) is 18.8. The molecule has 36 heavy (non-hydrogen) atoms.